The Morgan fingerprint density at radius 1 is 1.12 bits per heavy atom. The molecule has 0 bridgehead atoms. The standard InChI is InChI=1S/C11H6N4S2/c12-6-7-11(14-15-13-7)10-4-3-9(17-10)8-2-1-5-16-8/h1-5H,(H,13,14,15). The highest BCUT2D eigenvalue weighted by Gasteiger charge is 2.12. The number of aromatic nitrogens is 3. The third-order valence-electron chi connectivity index (χ3n) is 2.26. The minimum absolute atomic E-state index is 0.338. The van der Waals surface area contributed by atoms with Crippen molar-refractivity contribution in [1.82, 2.24) is 15.4 Å². The molecule has 4 nitrogen and oxygen atoms in total. The monoisotopic (exact) mass is 258 g/mol. The molecule has 17 heavy (non-hydrogen) atoms. The van der Waals surface area contributed by atoms with Crippen molar-refractivity contribution in [1.29, 1.82) is 5.26 Å². The normalized spacial score (nSPS) is 10.3. The summed E-state index contributed by atoms with van der Waals surface area (Å²) in [4.78, 5) is 3.36. The SMILES string of the molecule is N#Cc1n[nH]nc1-c1ccc(-c2cccs2)s1. The first-order valence-corrected chi connectivity index (χ1v) is 6.53. The number of hydrogen-bond donors (Lipinski definition) is 1. The molecular weight excluding hydrogens is 252 g/mol. The van der Waals surface area contributed by atoms with Crippen LogP contribution < -0.4 is 0 Å². The predicted molar refractivity (Wildman–Crippen MR) is 67.7 cm³/mol. The molecular formula is C11H6N4S2. The fraction of sp³-hybridized carbons (Fsp3) is 0. The average Bonchev–Trinajstić information content (AvgIpc) is 3.09. The highest BCUT2D eigenvalue weighted by Crippen LogP contribution is 2.36. The molecule has 0 atom stereocenters. The van der Waals surface area contributed by atoms with Crippen molar-refractivity contribution in [2.75, 3.05) is 0 Å². The van der Waals surface area contributed by atoms with Crippen LogP contribution in [0, 0.1) is 11.3 Å². The van der Waals surface area contributed by atoms with Crippen LogP contribution in [0.3, 0.4) is 0 Å². The second-order valence-electron chi connectivity index (χ2n) is 3.27. The summed E-state index contributed by atoms with van der Waals surface area (Å²) >= 11 is 3.31. The molecule has 0 aliphatic rings. The van der Waals surface area contributed by atoms with Crippen LogP contribution in [0.1, 0.15) is 5.69 Å². The molecule has 0 aliphatic heterocycles. The van der Waals surface area contributed by atoms with Crippen molar-refractivity contribution in [3.63, 3.8) is 0 Å². The molecule has 0 saturated carbocycles. The summed E-state index contributed by atoms with van der Waals surface area (Å²) < 4.78 is 0. The minimum atomic E-state index is 0.338. The second-order valence-corrected chi connectivity index (χ2v) is 5.31. The second kappa shape index (κ2) is 4.13. The third-order valence-corrected chi connectivity index (χ3v) is 4.41. The number of thiophene rings is 2. The lowest BCUT2D eigenvalue weighted by Gasteiger charge is -1.89. The molecule has 3 aromatic heterocycles. The van der Waals surface area contributed by atoms with E-state index in [4.69, 9.17) is 5.26 Å². The van der Waals surface area contributed by atoms with Gasteiger partial charge in [0.2, 0.25) is 0 Å². The molecule has 0 unspecified atom stereocenters. The zero-order valence-electron chi connectivity index (χ0n) is 8.54. The molecule has 82 valence electrons. The predicted octanol–water partition coefficient (Wildman–Crippen LogP) is 3.13. The van der Waals surface area contributed by atoms with Gasteiger partial charge in [0.05, 0.1) is 4.88 Å². The zero-order chi connectivity index (χ0) is 11.7. The summed E-state index contributed by atoms with van der Waals surface area (Å²) in [6.45, 7) is 0. The molecule has 0 radical (unpaired) electrons. The lowest BCUT2D eigenvalue weighted by Crippen LogP contribution is -1.77. The summed E-state index contributed by atoms with van der Waals surface area (Å²) in [7, 11) is 0. The van der Waals surface area contributed by atoms with Gasteiger partial charge in [-0.1, -0.05) is 6.07 Å². The molecule has 0 aromatic carbocycles. The first kappa shape index (κ1) is 10.2. The number of H-pyrrole nitrogens is 1. The quantitative estimate of drug-likeness (QED) is 0.768. The van der Waals surface area contributed by atoms with Crippen molar-refractivity contribution < 1.29 is 0 Å². The van der Waals surface area contributed by atoms with Crippen molar-refractivity contribution in [3.8, 4) is 26.4 Å². The van der Waals surface area contributed by atoms with Crippen LogP contribution >= 0.6 is 22.7 Å². The van der Waals surface area contributed by atoms with E-state index in [9.17, 15) is 0 Å². The number of hydrogen-bond acceptors (Lipinski definition) is 5. The van der Waals surface area contributed by atoms with Gasteiger partial charge in [0, 0.05) is 9.75 Å². The van der Waals surface area contributed by atoms with Crippen LogP contribution in [0.2, 0.25) is 0 Å². The number of nitrogens with zero attached hydrogens (tertiary/aromatic N) is 3. The van der Waals surface area contributed by atoms with Gasteiger partial charge < -0.3 is 0 Å². The van der Waals surface area contributed by atoms with Gasteiger partial charge in [-0.25, -0.2) is 0 Å². The Morgan fingerprint density at radius 3 is 2.76 bits per heavy atom. The lowest BCUT2D eigenvalue weighted by atomic mass is 10.3. The number of nitriles is 1. The van der Waals surface area contributed by atoms with Crippen LogP contribution in [0.25, 0.3) is 20.3 Å². The zero-order valence-corrected chi connectivity index (χ0v) is 10.2. The van der Waals surface area contributed by atoms with Gasteiger partial charge in [0.15, 0.2) is 5.69 Å². The maximum atomic E-state index is 8.89. The van der Waals surface area contributed by atoms with E-state index in [-0.39, 0.29) is 0 Å². The smallest absolute Gasteiger partial charge is 0.191 e. The Hall–Kier alpha value is -1.97. The lowest BCUT2D eigenvalue weighted by molar-refractivity contribution is 0.937. The average molecular weight is 258 g/mol. The van der Waals surface area contributed by atoms with Crippen molar-refractivity contribution in [3.05, 3.63) is 35.3 Å². The highest BCUT2D eigenvalue weighted by molar-refractivity contribution is 7.23. The summed E-state index contributed by atoms with van der Waals surface area (Å²) in [6, 6.07) is 10.1. The topological polar surface area (TPSA) is 65.4 Å². The number of rotatable bonds is 2. The minimum Gasteiger partial charge on any atom is -0.196 e. The fourth-order valence-electron chi connectivity index (χ4n) is 1.50. The Kier molecular flexibility index (Phi) is 2.48. The summed E-state index contributed by atoms with van der Waals surface area (Å²) in [5.74, 6) is 0. The maximum Gasteiger partial charge on any atom is 0.191 e. The first-order chi connectivity index (χ1) is 8.38. The third kappa shape index (κ3) is 1.75. The van der Waals surface area contributed by atoms with Crippen LogP contribution in [-0.4, -0.2) is 15.4 Å². The van der Waals surface area contributed by atoms with Gasteiger partial charge in [-0.2, -0.15) is 15.6 Å². The van der Waals surface area contributed by atoms with Gasteiger partial charge in [0.1, 0.15) is 11.8 Å². The first-order valence-electron chi connectivity index (χ1n) is 4.83. The van der Waals surface area contributed by atoms with Crippen LogP contribution in [-0.2, 0) is 0 Å². The molecule has 0 amide bonds. The van der Waals surface area contributed by atoms with Gasteiger partial charge in [-0.05, 0) is 23.6 Å². The Morgan fingerprint density at radius 2 is 2.00 bits per heavy atom. The molecule has 0 aliphatic carbocycles. The number of aromatic amines is 1. The van der Waals surface area contributed by atoms with E-state index < -0.39 is 0 Å². The molecule has 0 spiro atoms. The molecule has 3 rings (SSSR count). The molecule has 1 N–H and O–H groups in total. The van der Waals surface area contributed by atoms with Crippen LogP contribution in [0.5, 0.6) is 0 Å². The molecule has 3 heterocycles. The van der Waals surface area contributed by atoms with E-state index in [0.29, 0.717) is 11.4 Å². The van der Waals surface area contributed by atoms with E-state index in [1.54, 1.807) is 22.7 Å². The molecule has 6 heteroatoms. The fourth-order valence-corrected chi connectivity index (χ4v) is 3.33. The maximum absolute atomic E-state index is 8.89. The molecule has 0 saturated heterocycles. The Balaban J connectivity index is 2.04. The van der Waals surface area contributed by atoms with Gasteiger partial charge in [0.25, 0.3) is 0 Å². The largest absolute Gasteiger partial charge is 0.196 e. The van der Waals surface area contributed by atoms with E-state index in [2.05, 4.69) is 21.5 Å². The van der Waals surface area contributed by atoms with Crippen LogP contribution in [0.4, 0.5) is 0 Å². The van der Waals surface area contributed by atoms with Gasteiger partial charge >= 0.3 is 0 Å². The molecule has 3 aromatic rings. The highest BCUT2D eigenvalue weighted by atomic mass is 32.1. The van der Waals surface area contributed by atoms with Gasteiger partial charge in [-0.3, -0.25) is 0 Å². The van der Waals surface area contributed by atoms with Crippen molar-refractivity contribution in [2.24, 2.45) is 0 Å². The Bertz CT molecular complexity index is 672. The van der Waals surface area contributed by atoms with E-state index in [1.807, 2.05) is 29.6 Å². The summed E-state index contributed by atoms with van der Waals surface area (Å²) in [5, 5.41) is 21.2. The van der Waals surface area contributed by atoms with Crippen LogP contribution in [0.15, 0.2) is 29.6 Å². The Labute approximate surface area is 105 Å². The summed E-state index contributed by atoms with van der Waals surface area (Å²) in [5.41, 5.74) is 0.963. The van der Waals surface area contributed by atoms with E-state index in [1.165, 1.54) is 9.75 Å². The van der Waals surface area contributed by atoms with Crippen molar-refractivity contribution in [2.45, 2.75) is 0 Å². The summed E-state index contributed by atoms with van der Waals surface area (Å²) in [6.07, 6.45) is 0. The van der Waals surface area contributed by atoms with E-state index in [0.717, 1.165) is 4.88 Å². The number of nitrogens with one attached hydrogen (secondary N) is 1. The van der Waals surface area contributed by atoms with Gasteiger partial charge in [-0.15, -0.1) is 27.8 Å². The molecule has 0 fully saturated rings. The van der Waals surface area contributed by atoms with Crippen molar-refractivity contribution >= 4 is 22.7 Å². The van der Waals surface area contributed by atoms with E-state index >= 15 is 0 Å².